The van der Waals surface area contributed by atoms with Gasteiger partial charge < -0.3 is 10.8 Å². The van der Waals surface area contributed by atoms with E-state index in [1.807, 2.05) is 31.2 Å². The Morgan fingerprint density at radius 3 is 2.56 bits per heavy atom. The molecule has 5 nitrogen and oxygen atoms in total. The molecule has 0 bridgehead atoms. The van der Waals surface area contributed by atoms with Crippen molar-refractivity contribution in [3.05, 3.63) is 47.8 Å². The molecule has 0 saturated carbocycles. The summed E-state index contributed by atoms with van der Waals surface area (Å²) >= 11 is 0. The van der Waals surface area contributed by atoms with Crippen LogP contribution >= 0.6 is 0 Å². The van der Waals surface area contributed by atoms with Crippen LogP contribution in [0.2, 0.25) is 0 Å². The highest BCUT2D eigenvalue weighted by Crippen LogP contribution is 2.18. The summed E-state index contributed by atoms with van der Waals surface area (Å²) in [5, 5.41) is 13.7. The first-order chi connectivity index (χ1) is 8.61. The number of rotatable bonds is 4. The van der Waals surface area contributed by atoms with E-state index in [9.17, 15) is 9.90 Å². The molecule has 0 spiro atoms. The van der Waals surface area contributed by atoms with Gasteiger partial charge in [0.25, 0.3) is 5.91 Å². The number of primary amides is 1. The quantitative estimate of drug-likeness (QED) is 0.854. The van der Waals surface area contributed by atoms with Crippen LogP contribution in [0.25, 0.3) is 5.69 Å². The molecule has 1 amide bonds. The Morgan fingerprint density at radius 1 is 1.39 bits per heavy atom. The summed E-state index contributed by atoms with van der Waals surface area (Å²) in [6, 6.07) is 8.93. The van der Waals surface area contributed by atoms with Crippen molar-refractivity contribution >= 4 is 5.91 Å². The Bertz CT molecular complexity index is 546. The standard InChI is InChI=1S/C13H15N3O2/c1-2-12(17)9-3-5-10(6-4-9)16-8-7-11(15-16)13(14)18/h3-8,12,17H,2H2,1H3,(H2,14,18). The molecule has 2 aromatic rings. The van der Waals surface area contributed by atoms with Crippen LogP contribution in [-0.2, 0) is 0 Å². The van der Waals surface area contributed by atoms with Crippen molar-refractivity contribution in [3.8, 4) is 5.69 Å². The number of hydrogen-bond acceptors (Lipinski definition) is 3. The number of hydrogen-bond donors (Lipinski definition) is 2. The number of carbonyl (C=O) groups excluding carboxylic acids is 1. The third kappa shape index (κ3) is 2.41. The van der Waals surface area contributed by atoms with Gasteiger partial charge in [0.2, 0.25) is 0 Å². The summed E-state index contributed by atoms with van der Waals surface area (Å²) in [6.45, 7) is 1.92. The molecule has 3 N–H and O–H groups in total. The molecular weight excluding hydrogens is 230 g/mol. The first-order valence-corrected chi connectivity index (χ1v) is 5.75. The molecule has 0 aliphatic heterocycles. The second-order valence-electron chi connectivity index (χ2n) is 4.03. The number of nitrogens with zero attached hydrogens (tertiary/aromatic N) is 2. The number of benzene rings is 1. The summed E-state index contributed by atoms with van der Waals surface area (Å²) in [5.41, 5.74) is 7.05. The van der Waals surface area contributed by atoms with Gasteiger partial charge in [0.1, 0.15) is 5.69 Å². The maximum atomic E-state index is 10.9. The van der Waals surface area contributed by atoms with Crippen LogP contribution in [0.5, 0.6) is 0 Å². The number of aromatic nitrogens is 2. The van der Waals surface area contributed by atoms with Crippen LogP contribution in [0.3, 0.4) is 0 Å². The van der Waals surface area contributed by atoms with Crippen molar-refractivity contribution in [1.29, 1.82) is 0 Å². The summed E-state index contributed by atoms with van der Waals surface area (Å²) in [4.78, 5) is 10.9. The molecule has 18 heavy (non-hydrogen) atoms. The van der Waals surface area contributed by atoms with Gasteiger partial charge in [0.15, 0.2) is 0 Å². The van der Waals surface area contributed by atoms with Crippen molar-refractivity contribution in [3.63, 3.8) is 0 Å². The SMILES string of the molecule is CCC(O)c1ccc(-n2ccc(C(N)=O)n2)cc1. The second-order valence-corrected chi connectivity index (χ2v) is 4.03. The Kier molecular flexibility index (Phi) is 3.43. The molecule has 0 aliphatic rings. The van der Waals surface area contributed by atoms with Crippen LogP contribution in [0, 0.1) is 0 Å². The molecule has 0 fully saturated rings. The van der Waals surface area contributed by atoms with Gasteiger partial charge >= 0.3 is 0 Å². The summed E-state index contributed by atoms with van der Waals surface area (Å²) in [6.07, 6.45) is 1.90. The Morgan fingerprint density at radius 2 is 2.06 bits per heavy atom. The minimum atomic E-state index is -0.549. The first kappa shape index (κ1) is 12.3. The zero-order valence-corrected chi connectivity index (χ0v) is 10.1. The Labute approximate surface area is 105 Å². The maximum Gasteiger partial charge on any atom is 0.269 e. The molecule has 0 aliphatic carbocycles. The fraction of sp³-hybridized carbons (Fsp3) is 0.231. The Balaban J connectivity index is 2.25. The maximum absolute atomic E-state index is 10.9. The van der Waals surface area contributed by atoms with Gasteiger partial charge in [0.05, 0.1) is 11.8 Å². The smallest absolute Gasteiger partial charge is 0.269 e. The third-order valence-electron chi connectivity index (χ3n) is 2.77. The average molecular weight is 245 g/mol. The van der Waals surface area contributed by atoms with E-state index in [1.165, 1.54) is 0 Å². The minimum Gasteiger partial charge on any atom is -0.388 e. The van der Waals surface area contributed by atoms with E-state index in [1.54, 1.807) is 16.9 Å². The molecule has 1 aromatic carbocycles. The average Bonchev–Trinajstić information content (AvgIpc) is 2.88. The van der Waals surface area contributed by atoms with Gasteiger partial charge in [-0.25, -0.2) is 4.68 Å². The molecule has 5 heteroatoms. The fourth-order valence-electron chi connectivity index (χ4n) is 1.68. The summed E-state index contributed by atoms with van der Waals surface area (Å²) < 4.78 is 1.57. The Hall–Kier alpha value is -2.14. The van der Waals surface area contributed by atoms with Gasteiger partial charge in [-0.2, -0.15) is 5.10 Å². The lowest BCUT2D eigenvalue weighted by Crippen LogP contribution is -2.12. The van der Waals surface area contributed by atoms with E-state index >= 15 is 0 Å². The second kappa shape index (κ2) is 5.01. The molecule has 94 valence electrons. The number of aliphatic hydroxyl groups is 1. The predicted octanol–water partition coefficient (Wildman–Crippen LogP) is 1.41. The molecule has 1 unspecified atom stereocenters. The van der Waals surface area contributed by atoms with Crippen LogP contribution in [0.4, 0.5) is 0 Å². The topological polar surface area (TPSA) is 81.1 Å². The van der Waals surface area contributed by atoms with E-state index in [0.717, 1.165) is 11.3 Å². The van der Waals surface area contributed by atoms with Crippen LogP contribution in [0.1, 0.15) is 35.5 Å². The monoisotopic (exact) mass is 245 g/mol. The van der Waals surface area contributed by atoms with E-state index < -0.39 is 12.0 Å². The zero-order chi connectivity index (χ0) is 13.1. The van der Waals surface area contributed by atoms with Crippen molar-refractivity contribution in [2.24, 2.45) is 5.73 Å². The number of aliphatic hydroxyl groups excluding tert-OH is 1. The zero-order valence-electron chi connectivity index (χ0n) is 10.1. The molecule has 1 heterocycles. The number of amides is 1. The normalized spacial score (nSPS) is 12.3. The molecule has 1 aromatic heterocycles. The lowest BCUT2D eigenvalue weighted by atomic mass is 10.1. The highest BCUT2D eigenvalue weighted by Gasteiger charge is 2.07. The largest absolute Gasteiger partial charge is 0.388 e. The van der Waals surface area contributed by atoms with E-state index in [-0.39, 0.29) is 5.69 Å². The number of carbonyl (C=O) groups is 1. The molecule has 0 saturated heterocycles. The lowest BCUT2D eigenvalue weighted by molar-refractivity contribution is 0.0995. The number of nitrogens with two attached hydrogens (primary N) is 1. The van der Waals surface area contributed by atoms with Gasteiger partial charge in [-0.3, -0.25) is 4.79 Å². The van der Waals surface area contributed by atoms with Crippen molar-refractivity contribution < 1.29 is 9.90 Å². The van der Waals surface area contributed by atoms with E-state index in [2.05, 4.69) is 5.10 Å². The van der Waals surface area contributed by atoms with Crippen molar-refractivity contribution in [2.45, 2.75) is 19.4 Å². The molecule has 0 radical (unpaired) electrons. The molecule has 2 rings (SSSR count). The van der Waals surface area contributed by atoms with Crippen molar-refractivity contribution in [1.82, 2.24) is 9.78 Å². The van der Waals surface area contributed by atoms with Crippen LogP contribution in [0.15, 0.2) is 36.5 Å². The van der Waals surface area contributed by atoms with Gasteiger partial charge in [-0.15, -0.1) is 0 Å². The minimum absolute atomic E-state index is 0.229. The van der Waals surface area contributed by atoms with Gasteiger partial charge in [-0.05, 0) is 30.2 Å². The fourth-order valence-corrected chi connectivity index (χ4v) is 1.68. The van der Waals surface area contributed by atoms with Crippen LogP contribution < -0.4 is 5.73 Å². The third-order valence-corrected chi connectivity index (χ3v) is 2.77. The first-order valence-electron chi connectivity index (χ1n) is 5.75. The van der Waals surface area contributed by atoms with E-state index in [0.29, 0.717) is 6.42 Å². The predicted molar refractivity (Wildman–Crippen MR) is 67.3 cm³/mol. The molecular formula is C13H15N3O2. The highest BCUT2D eigenvalue weighted by molar-refractivity contribution is 5.90. The van der Waals surface area contributed by atoms with Crippen LogP contribution in [-0.4, -0.2) is 20.8 Å². The van der Waals surface area contributed by atoms with Gasteiger partial charge in [-0.1, -0.05) is 19.1 Å². The highest BCUT2D eigenvalue weighted by atomic mass is 16.3. The van der Waals surface area contributed by atoms with Gasteiger partial charge in [0, 0.05) is 6.20 Å². The lowest BCUT2D eigenvalue weighted by Gasteiger charge is -2.08. The summed E-state index contributed by atoms with van der Waals surface area (Å²) in [5.74, 6) is -0.549. The van der Waals surface area contributed by atoms with E-state index in [4.69, 9.17) is 5.73 Å². The summed E-state index contributed by atoms with van der Waals surface area (Å²) in [7, 11) is 0. The van der Waals surface area contributed by atoms with Crippen molar-refractivity contribution in [2.75, 3.05) is 0 Å². The molecule has 1 atom stereocenters.